The number of rotatable bonds is 2. The number of carbonyl (C=O) groups is 1. The first-order chi connectivity index (χ1) is 13.2. The molecule has 1 saturated heterocycles. The van der Waals surface area contributed by atoms with E-state index in [9.17, 15) is 4.79 Å². The number of hydrogen-bond acceptors (Lipinski definition) is 4. The van der Waals surface area contributed by atoms with Crippen LogP contribution < -0.4 is 0 Å². The molecule has 5 rings (SSSR count). The number of carbonyl (C=O) groups excluding carboxylic acids is 1. The molecule has 4 heteroatoms. The predicted octanol–water partition coefficient (Wildman–Crippen LogP) is 4.38. The second kappa shape index (κ2) is 6.27. The van der Waals surface area contributed by atoms with Crippen molar-refractivity contribution >= 4 is 16.7 Å². The summed E-state index contributed by atoms with van der Waals surface area (Å²) in [5, 5.41) is 1.12. The fraction of sp³-hybridized carbons (Fsp3) is 0.130. The minimum Gasteiger partial charge on any atom is -0.340 e. The lowest BCUT2D eigenvalue weighted by molar-refractivity contribution is -0.113. The lowest BCUT2D eigenvalue weighted by Crippen LogP contribution is -2.27. The Balaban J connectivity index is 1.38. The SMILES string of the molecule is O=C1C=CC2(C=C1)OCC(c1ccc(-c3cnc4ccccc4c3)cc1)O2. The van der Waals surface area contributed by atoms with E-state index in [2.05, 4.69) is 41.4 Å². The molecule has 0 saturated carbocycles. The third kappa shape index (κ3) is 2.99. The van der Waals surface area contributed by atoms with E-state index in [0.717, 1.165) is 27.6 Å². The highest BCUT2D eigenvalue weighted by atomic mass is 16.7. The molecule has 132 valence electrons. The maximum Gasteiger partial charge on any atom is 0.209 e. The van der Waals surface area contributed by atoms with E-state index in [4.69, 9.17) is 9.47 Å². The molecule has 0 N–H and O–H groups in total. The number of ketones is 1. The van der Waals surface area contributed by atoms with Crippen molar-refractivity contribution in [2.45, 2.75) is 11.9 Å². The summed E-state index contributed by atoms with van der Waals surface area (Å²) in [5.41, 5.74) is 4.22. The number of aromatic nitrogens is 1. The third-order valence-corrected chi connectivity index (χ3v) is 4.95. The Kier molecular flexibility index (Phi) is 3.74. The standard InChI is InChI=1S/C23H17NO3/c25-20-9-11-23(12-10-20)26-15-22(27-23)17-7-5-16(6-8-17)19-13-18-3-1-2-4-21(18)24-14-19/h1-14,22H,15H2. The van der Waals surface area contributed by atoms with Crippen molar-refractivity contribution in [3.05, 3.63) is 90.7 Å². The Morgan fingerprint density at radius 3 is 2.56 bits per heavy atom. The molecule has 2 aliphatic rings. The van der Waals surface area contributed by atoms with Crippen molar-refractivity contribution < 1.29 is 14.3 Å². The lowest BCUT2D eigenvalue weighted by atomic mass is 10.0. The molecule has 2 heterocycles. The quantitative estimate of drug-likeness (QED) is 0.684. The van der Waals surface area contributed by atoms with E-state index in [0.29, 0.717) is 6.61 Å². The van der Waals surface area contributed by atoms with E-state index >= 15 is 0 Å². The fourth-order valence-corrected chi connectivity index (χ4v) is 3.46. The minimum absolute atomic E-state index is 0.0513. The number of para-hydroxylation sites is 1. The molecule has 0 radical (unpaired) electrons. The van der Waals surface area contributed by atoms with Gasteiger partial charge < -0.3 is 9.47 Å². The molecule has 0 amide bonds. The zero-order valence-corrected chi connectivity index (χ0v) is 14.5. The molecule has 1 spiro atoms. The number of hydrogen-bond donors (Lipinski definition) is 0. The van der Waals surface area contributed by atoms with Crippen LogP contribution in [0.3, 0.4) is 0 Å². The highest BCUT2D eigenvalue weighted by Gasteiger charge is 2.39. The average Bonchev–Trinajstić information content (AvgIpc) is 3.14. The number of ether oxygens (including phenoxy) is 2. The van der Waals surface area contributed by atoms with Crippen molar-refractivity contribution in [1.82, 2.24) is 4.98 Å². The largest absolute Gasteiger partial charge is 0.340 e. The maximum absolute atomic E-state index is 11.3. The summed E-state index contributed by atoms with van der Waals surface area (Å²) in [4.78, 5) is 15.9. The third-order valence-electron chi connectivity index (χ3n) is 4.95. The Labute approximate surface area is 156 Å². The van der Waals surface area contributed by atoms with Crippen LogP contribution in [-0.2, 0) is 14.3 Å². The van der Waals surface area contributed by atoms with E-state index in [1.165, 1.54) is 12.2 Å². The van der Waals surface area contributed by atoms with Crippen LogP contribution in [0.4, 0.5) is 0 Å². The molecule has 1 aliphatic heterocycles. The fourth-order valence-electron chi connectivity index (χ4n) is 3.46. The molecule has 1 aromatic heterocycles. The summed E-state index contributed by atoms with van der Waals surface area (Å²) in [7, 11) is 0. The monoisotopic (exact) mass is 355 g/mol. The van der Waals surface area contributed by atoms with Gasteiger partial charge in [-0.3, -0.25) is 9.78 Å². The normalized spacial score (nSPS) is 20.6. The number of fused-ring (bicyclic) bond motifs is 1. The predicted molar refractivity (Wildman–Crippen MR) is 103 cm³/mol. The van der Waals surface area contributed by atoms with Crippen molar-refractivity contribution in [3.63, 3.8) is 0 Å². The van der Waals surface area contributed by atoms with Crippen LogP contribution in [0.1, 0.15) is 11.7 Å². The number of pyridine rings is 1. The van der Waals surface area contributed by atoms with E-state index in [1.54, 1.807) is 12.2 Å². The van der Waals surface area contributed by atoms with Gasteiger partial charge in [-0.05, 0) is 47.6 Å². The summed E-state index contributed by atoms with van der Waals surface area (Å²) in [6.07, 6.45) is 8.04. The molecule has 1 aliphatic carbocycles. The van der Waals surface area contributed by atoms with Gasteiger partial charge in [0, 0.05) is 17.1 Å². The maximum atomic E-state index is 11.3. The van der Waals surface area contributed by atoms with Gasteiger partial charge in [-0.1, -0.05) is 42.5 Å². The molecular weight excluding hydrogens is 338 g/mol. The summed E-state index contributed by atoms with van der Waals surface area (Å²) < 4.78 is 11.9. The smallest absolute Gasteiger partial charge is 0.209 e. The van der Waals surface area contributed by atoms with Crippen LogP contribution in [0, 0.1) is 0 Å². The van der Waals surface area contributed by atoms with Crippen LogP contribution >= 0.6 is 0 Å². The molecule has 3 aromatic rings. The zero-order valence-electron chi connectivity index (χ0n) is 14.5. The lowest BCUT2D eigenvalue weighted by Gasteiger charge is -2.22. The molecular formula is C23H17NO3. The Bertz CT molecular complexity index is 1070. The Morgan fingerprint density at radius 1 is 0.963 bits per heavy atom. The van der Waals surface area contributed by atoms with Gasteiger partial charge >= 0.3 is 0 Å². The van der Waals surface area contributed by atoms with Gasteiger partial charge in [-0.15, -0.1) is 0 Å². The van der Waals surface area contributed by atoms with Crippen molar-refractivity contribution in [3.8, 4) is 11.1 Å². The first-order valence-corrected chi connectivity index (χ1v) is 8.90. The highest BCUT2D eigenvalue weighted by Crippen LogP contribution is 2.37. The summed E-state index contributed by atoms with van der Waals surface area (Å²) in [6.45, 7) is 0.444. The molecule has 2 aromatic carbocycles. The van der Waals surface area contributed by atoms with Gasteiger partial charge in [0.25, 0.3) is 0 Å². The van der Waals surface area contributed by atoms with Gasteiger partial charge in [0.15, 0.2) is 5.78 Å². The Morgan fingerprint density at radius 2 is 1.74 bits per heavy atom. The van der Waals surface area contributed by atoms with Crippen molar-refractivity contribution in [2.24, 2.45) is 0 Å². The Hall–Kier alpha value is -3.08. The van der Waals surface area contributed by atoms with Crippen molar-refractivity contribution in [2.75, 3.05) is 6.61 Å². The van der Waals surface area contributed by atoms with Crippen molar-refractivity contribution in [1.29, 1.82) is 0 Å². The van der Waals surface area contributed by atoms with Gasteiger partial charge in [0.05, 0.1) is 12.1 Å². The van der Waals surface area contributed by atoms with Crippen LogP contribution in [0.2, 0.25) is 0 Å². The highest BCUT2D eigenvalue weighted by molar-refractivity contribution is 6.00. The molecule has 1 atom stereocenters. The van der Waals surface area contributed by atoms with E-state index < -0.39 is 5.79 Å². The zero-order chi connectivity index (χ0) is 18.3. The number of nitrogens with zero attached hydrogens (tertiary/aromatic N) is 1. The topological polar surface area (TPSA) is 48.4 Å². The van der Waals surface area contributed by atoms with Gasteiger partial charge in [-0.25, -0.2) is 0 Å². The summed E-state index contributed by atoms with van der Waals surface area (Å²) in [5.74, 6) is -0.968. The number of allylic oxidation sites excluding steroid dienone is 2. The summed E-state index contributed by atoms with van der Waals surface area (Å²) >= 11 is 0. The van der Waals surface area contributed by atoms with Gasteiger partial charge in [0.1, 0.15) is 6.10 Å². The van der Waals surface area contributed by atoms with Crippen LogP contribution in [0.25, 0.3) is 22.0 Å². The first-order valence-electron chi connectivity index (χ1n) is 8.90. The van der Waals surface area contributed by atoms with Gasteiger partial charge in [-0.2, -0.15) is 0 Å². The molecule has 1 fully saturated rings. The van der Waals surface area contributed by atoms with E-state index in [1.807, 2.05) is 24.4 Å². The van der Waals surface area contributed by atoms with E-state index in [-0.39, 0.29) is 11.9 Å². The van der Waals surface area contributed by atoms with Crippen LogP contribution in [-0.4, -0.2) is 23.2 Å². The second-order valence-electron chi connectivity index (χ2n) is 6.75. The summed E-state index contributed by atoms with van der Waals surface area (Å²) in [6, 6.07) is 18.5. The molecule has 1 unspecified atom stereocenters. The first kappa shape index (κ1) is 16.1. The van der Waals surface area contributed by atoms with Crippen LogP contribution in [0.15, 0.2) is 85.1 Å². The second-order valence-corrected chi connectivity index (χ2v) is 6.75. The number of benzene rings is 2. The van der Waals surface area contributed by atoms with Crippen LogP contribution in [0.5, 0.6) is 0 Å². The van der Waals surface area contributed by atoms with Gasteiger partial charge in [0.2, 0.25) is 5.79 Å². The molecule has 4 nitrogen and oxygen atoms in total. The average molecular weight is 355 g/mol. The molecule has 0 bridgehead atoms. The minimum atomic E-state index is -0.917. The molecule has 27 heavy (non-hydrogen) atoms.